The zero-order valence-corrected chi connectivity index (χ0v) is 14.1. The molecule has 0 aromatic carbocycles. The Labute approximate surface area is 130 Å². The summed E-state index contributed by atoms with van der Waals surface area (Å²) < 4.78 is 5.53. The SMILES string of the molecule is CCO[C@H](C)c1nc(CC(=O)N2C[C@@H](C)N[C@H](C)C2)cs1. The van der Waals surface area contributed by atoms with E-state index in [2.05, 4.69) is 24.1 Å². The fourth-order valence-electron chi connectivity index (χ4n) is 2.71. The molecule has 1 amide bonds. The number of nitrogens with one attached hydrogen (secondary N) is 1. The van der Waals surface area contributed by atoms with Gasteiger partial charge in [-0.05, 0) is 27.7 Å². The molecule has 1 aromatic heterocycles. The summed E-state index contributed by atoms with van der Waals surface area (Å²) in [4.78, 5) is 18.9. The van der Waals surface area contributed by atoms with Gasteiger partial charge in [-0.1, -0.05) is 0 Å². The molecular formula is C15H25N3O2S. The first-order valence-electron chi connectivity index (χ1n) is 7.59. The Balaban J connectivity index is 1.93. The maximum Gasteiger partial charge on any atom is 0.228 e. The first-order valence-corrected chi connectivity index (χ1v) is 8.47. The third kappa shape index (κ3) is 4.49. The minimum absolute atomic E-state index is 0.00285. The molecule has 2 heterocycles. The lowest BCUT2D eigenvalue weighted by atomic mass is 10.1. The molecule has 6 heteroatoms. The molecule has 3 atom stereocenters. The van der Waals surface area contributed by atoms with Crippen LogP contribution in [0.2, 0.25) is 0 Å². The van der Waals surface area contributed by atoms with Crippen LogP contribution in [0.25, 0.3) is 0 Å². The van der Waals surface area contributed by atoms with Gasteiger partial charge < -0.3 is 15.0 Å². The topological polar surface area (TPSA) is 54.5 Å². The molecule has 0 radical (unpaired) electrons. The van der Waals surface area contributed by atoms with Crippen molar-refractivity contribution in [2.75, 3.05) is 19.7 Å². The van der Waals surface area contributed by atoms with Crippen LogP contribution in [0.1, 0.15) is 44.5 Å². The molecule has 0 aliphatic carbocycles. The van der Waals surface area contributed by atoms with E-state index < -0.39 is 0 Å². The quantitative estimate of drug-likeness (QED) is 0.903. The van der Waals surface area contributed by atoms with Crippen LogP contribution in [0, 0.1) is 0 Å². The Kier molecular flexibility index (Phi) is 5.72. The zero-order chi connectivity index (χ0) is 15.4. The maximum absolute atomic E-state index is 12.4. The first kappa shape index (κ1) is 16.4. The van der Waals surface area contributed by atoms with Crippen molar-refractivity contribution in [1.29, 1.82) is 0 Å². The van der Waals surface area contributed by atoms with Gasteiger partial charge in [-0.3, -0.25) is 4.79 Å². The van der Waals surface area contributed by atoms with E-state index in [4.69, 9.17) is 4.74 Å². The van der Waals surface area contributed by atoms with Gasteiger partial charge in [-0.25, -0.2) is 4.98 Å². The molecule has 1 fully saturated rings. The van der Waals surface area contributed by atoms with E-state index >= 15 is 0 Å². The van der Waals surface area contributed by atoms with Crippen LogP contribution in [0.15, 0.2) is 5.38 Å². The molecule has 0 bridgehead atoms. The number of piperazine rings is 1. The Hall–Kier alpha value is -0.980. The Morgan fingerprint density at radius 1 is 1.52 bits per heavy atom. The molecule has 0 unspecified atom stereocenters. The molecule has 1 aliphatic rings. The molecule has 1 aromatic rings. The minimum Gasteiger partial charge on any atom is -0.372 e. The van der Waals surface area contributed by atoms with Crippen LogP contribution >= 0.6 is 11.3 Å². The summed E-state index contributed by atoms with van der Waals surface area (Å²) in [7, 11) is 0. The van der Waals surface area contributed by atoms with Gasteiger partial charge in [-0.15, -0.1) is 11.3 Å². The van der Waals surface area contributed by atoms with Crippen LogP contribution in [0.4, 0.5) is 0 Å². The molecule has 1 aliphatic heterocycles. The summed E-state index contributed by atoms with van der Waals surface area (Å²) >= 11 is 1.57. The summed E-state index contributed by atoms with van der Waals surface area (Å²) in [5.41, 5.74) is 0.852. The lowest BCUT2D eigenvalue weighted by molar-refractivity contribution is -0.132. The Bertz CT molecular complexity index is 467. The zero-order valence-electron chi connectivity index (χ0n) is 13.3. The normalized spacial score (nSPS) is 24.1. The van der Waals surface area contributed by atoms with Gasteiger partial charge in [0.2, 0.25) is 5.91 Å². The van der Waals surface area contributed by atoms with Crippen molar-refractivity contribution in [3.05, 3.63) is 16.1 Å². The third-order valence-corrected chi connectivity index (χ3v) is 4.63. The second kappa shape index (κ2) is 7.33. The van der Waals surface area contributed by atoms with Gasteiger partial charge >= 0.3 is 0 Å². The summed E-state index contributed by atoms with van der Waals surface area (Å²) in [5.74, 6) is 0.163. The molecular weight excluding hydrogens is 286 g/mol. The highest BCUT2D eigenvalue weighted by Gasteiger charge is 2.25. The van der Waals surface area contributed by atoms with Crippen LogP contribution in [-0.2, 0) is 16.0 Å². The van der Waals surface area contributed by atoms with Crippen LogP contribution in [-0.4, -0.2) is 47.6 Å². The summed E-state index contributed by atoms with van der Waals surface area (Å²) in [6.45, 7) is 10.4. The number of thiazole rings is 1. The number of aromatic nitrogens is 1. The lowest BCUT2D eigenvalue weighted by Crippen LogP contribution is -2.56. The van der Waals surface area contributed by atoms with E-state index in [1.165, 1.54) is 0 Å². The van der Waals surface area contributed by atoms with Crippen molar-refractivity contribution in [1.82, 2.24) is 15.2 Å². The van der Waals surface area contributed by atoms with Crippen LogP contribution in [0.3, 0.4) is 0 Å². The number of amides is 1. The highest BCUT2D eigenvalue weighted by Crippen LogP contribution is 2.21. The predicted octanol–water partition coefficient (Wildman–Crippen LogP) is 1.99. The molecule has 118 valence electrons. The van der Waals surface area contributed by atoms with Gasteiger partial charge in [-0.2, -0.15) is 0 Å². The number of nitrogens with zero attached hydrogens (tertiary/aromatic N) is 2. The molecule has 21 heavy (non-hydrogen) atoms. The lowest BCUT2D eigenvalue weighted by Gasteiger charge is -2.36. The fraction of sp³-hybridized carbons (Fsp3) is 0.733. The number of hydrogen-bond acceptors (Lipinski definition) is 5. The molecule has 2 rings (SSSR count). The smallest absolute Gasteiger partial charge is 0.228 e. The number of hydrogen-bond donors (Lipinski definition) is 1. The Morgan fingerprint density at radius 2 is 2.19 bits per heavy atom. The first-order chi connectivity index (χ1) is 9.99. The van der Waals surface area contributed by atoms with E-state index in [9.17, 15) is 4.79 Å². The van der Waals surface area contributed by atoms with E-state index in [1.54, 1.807) is 11.3 Å². The second-order valence-electron chi connectivity index (χ2n) is 5.72. The van der Waals surface area contributed by atoms with Crippen molar-refractivity contribution < 1.29 is 9.53 Å². The number of carbonyl (C=O) groups excluding carboxylic acids is 1. The summed E-state index contributed by atoms with van der Waals surface area (Å²) in [6, 6.07) is 0.698. The standard InChI is InChI=1S/C15H25N3O2S/c1-5-20-12(4)15-17-13(9-21-15)6-14(19)18-7-10(2)16-11(3)8-18/h9-12,16H,5-8H2,1-4H3/t10-,11-,12-/m1/s1. The van der Waals surface area contributed by atoms with Crippen molar-refractivity contribution in [3.8, 4) is 0 Å². The van der Waals surface area contributed by atoms with Crippen molar-refractivity contribution in [2.24, 2.45) is 0 Å². The second-order valence-corrected chi connectivity index (χ2v) is 6.61. The molecule has 5 nitrogen and oxygen atoms in total. The van der Waals surface area contributed by atoms with E-state index in [0.717, 1.165) is 23.8 Å². The van der Waals surface area contributed by atoms with Crippen molar-refractivity contribution in [2.45, 2.75) is 52.3 Å². The van der Waals surface area contributed by atoms with Gasteiger partial charge in [0.05, 0.1) is 12.1 Å². The average Bonchev–Trinajstić information content (AvgIpc) is 2.86. The highest BCUT2D eigenvalue weighted by atomic mass is 32.1. The predicted molar refractivity (Wildman–Crippen MR) is 84.5 cm³/mol. The fourth-order valence-corrected chi connectivity index (χ4v) is 3.53. The van der Waals surface area contributed by atoms with Gasteiger partial charge in [0, 0.05) is 37.2 Å². The largest absolute Gasteiger partial charge is 0.372 e. The van der Waals surface area contributed by atoms with Crippen LogP contribution < -0.4 is 5.32 Å². The van der Waals surface area contributed by atoms with Gasteiger partial charge in [0.25, 0.3) is 0 Å². The van der Waals surface area contributed by atoms with Gasteiger partial charge in [0.1, 0.15) is 11.1 Å². The molecule has 0 spiro atoms. The van der Waals surface area contributed by atoms with Crippen LogP contribution in [0.5, 0.6) is 0 Å². The molecule has 0 saturated carbocycles. The molecule has 1 N–H and O–H groups in total. The van der Waals surface area contributed by atoms with Gasteiger partial charge in [0.15, 0.2) is 0 Å². The van der Waals surface area contributed by atoms with Crippen molar-refractivity contribution in [3.63, 3.8) is 0 Å². The monoisotopic (exact) mass is 311 g/mol. The molecule has 1 saturated heterocycles. The summed E-state index contributed by atoms with van der Waals surface area (Å²) in [6.07, 6.45) is 0.387. The maximum atomic E-state index is 12.4. The minimum atomic E-state index is 0.00285. The van der Waals surface area contributed by atoms with E-state index in [-0.39, 0.29) is 12.0 Å². The number of ether oxygens (including phenoxy) is 1. The van der Waals surface area contributed by atoms with Crippen molar-refractivity contribution >= 4 is 17.2 Å². The number of rotatable bonds is 5. The van der Waals surface area contributed by atoms with E-state index in [0.29, 0.717) is 25.1 Å². The third-order valence-electron chi connectivity index (χ3n) is 3.58. The average molecular weight is 311 g/mol. The highest BCUT2D eigenvalue weighted by molar-refractivity contribution is 7.09. The summed E-state index contributed by atoms with van der Waals surface area (Å²) in [5, 5.41) is 6.35. The number of carbonyl (C=O) groups is 1. The van der Waals surface area contributed by atoms with E-state index in [1.807, 2.05) is 24.1 Å². The Morgan fingerprint density at radius 3 is 2.81 bits per heavy atom.